The normalized spacial score (nSPS) is 28.4. The first-order valence-corrected chi connectivity index (χ1v) is 9.91. The molecule has 5 nitrogen and oxygen atoms in total. The summed E-state index contributed by atoms with van der Waals surface area (Å²) in [6.07, 6.45) is -0.281. The van der Waals surface area contributed by atoms with E-state index in [2.05, 4.69) is 10.2 Å². The van der Waals surface area contributed by atoms with Gasteiger partial charge in [0.2, 0.25) is 0 Å². The van der Waals surface area contributed by atoms with Crippen LogP contribution >= 0.6 is 0 Å². The van der Waals surface area contributed by atoms with Gasteiger partial charge >= 0.3 is 0 Å². The number of ether oxygens (including phenoxy) is 2. The minimum atomic E-state index is -0.628. The van der Waals surface area contributed by atoms with Gasteiger partial charge in [-0.15, -0.1) is 0 Å². The van der Waals surface area contributed by atoms with Crippen LogP contribution in [0.3, 0.4) is 0 Å². The van der Waals surface area contributed by atoms with Crippen molar-refractivity contribution < 1.29 is 19.0 Å². The highest BCUT2D eigenvalue weighted by Crippen LogP contribution is 2.30. The number of aliphatic hydroxyl groups excluding tert-OH is 1. The van der Waals surface area contributed by atoms with Crippen molar-refractivity contribution in [3.05, 3.63) is 66.0 Å². The summed E-state index contributed by atoms with van der Waals surface area (Å²) in [4.78, 5) is 2.27. The third-order valence-electron chi connectivity index (χ3n) is 5.64. The lowest BCUT2D eigenvalue weighted by Gasteiger charge is -2.37. The smallest absolute Gasteiger partial charge is 0.128 e. The second-order valence-electron chi connectivity index (χ2n) is 7.41. The summed E-state index contributed by atoms with van der Waals surface area (Å²) in [7, 11) is 0. The lowest BCUT2D eigenvalue weighted by molar-refractivity contribution is -0.0355. The maximum absolute atomic E-state index is 14.0. The molecule has 28 heavy (non-hydrogen) atoms. The third-order valence-corrected chi connectivity index (χ3v) is 5.64. The molecule has 2 fully saturated rings. The number of para-hydroxylation sites is 1. The fourth-order valence-electron chi connectivity index (χ4n) is 4.21. The van der Waals surface area contributed by atoms with E-state index >= 15 is 0 Å². The molecule has 1 aliphatic carbocycles. The average molecular weight is 386 g/mol. The lowest BCUT2D eigenvalue weighted by atomic mass is 10.1. The van der Waals surface area contributed by atoms with E-state index in [4.69, 9.17) is 9.47 Å². The predicted octanol–water partition coefficient (Wildman–Crippen LogP) is 2.20. The summed E-state index contributed by atoms with van der Waals surface area (Å²) in [5.74, 6) is 0.538. The average Bonchev–Trinajstić information content (AvgIpc) is 3.04. The molecule has 0 amide bonds. The summed E-state index contributed by atoms with van der Waals surface area (Å²) in [5, 5.41) is 14.5. The molecule has 1 aliphatic heterocycles. The second kappa shape index (κ2) is 9.01. The SMILES string of the molecule is O[C@@H]1[C@@H](N2CCOCC2)[C@H](NCc2ccccc2F)C[C@H]1Oc1ccccc1. The molecule has 4 atom stereocenters. The molecule has 0 bridgehead atoms. The molecule has 0 aromatic heterocycles. The van der Waals surface area contributed by atoms with Gasteiger partial charge in [0.25, 0.3) is 0 Å². The predicted molar refractivity (Wildman–Crippen MR) is 105 cm³/mol. The molecule has 1 heterocycles. The highest BCUT2D eigenvalue weighted by Gasteiger charge is 2.46. The first kappa shape index (κ1) is 19.3. The van der Waals surface area contributed by atoms with Crippen LogP contribution in [0.5, 0.6) is 5.75 Å². The largest absolute Gasteiger partial charge is 0.488 e. The van der Waals surface area contributed by atoms with E-state index in [1.165, 1.54) is 6.07 Å². The minimum Gasteiger partial charge on any atom is -0.488 e. The highest BCUT2D eigenvalue weighted by atomic mass is 19.1. The van der Waals surface area contributed by atoms with Crippen molar-refractivity contribution in [1.29, 1.82) is 0 Å². The van der Waals surface area contributed by atoms with Gasteiger partial charge in [0.05, 0.1) is 19.3 Å². The van der Waals surface area contributed by atoms with E-state index < -0.39 is 6.10 Å². The fraction of sp³-hybridized carbons (Fsp3) is 0.455. The van der Waals surface area contributed by atoms with Gasteiger partial charge in [-0.05, 0) is 18.2 Å². The molecule has 1 saturated carbocycles. The number of hydrogen-bond acceptors (Lipinski definition) is 5. The van der Waals surface area contributed by atoms with Crippen molar-refractivity contribution in [2.45, 2.75) is 37.3 Å². The molecule has 2 N–H and O–H groups in total. The van der Waals surface area contributed by atoms with Gasteiger partial charge in [-0.1, -0.05) is 36.4 Å². The number of benzene rings is 2. The van der Waals surface area contributed by atoms with Crippen LogP contribution in [0.4, 0.5) is 4.39 Å². The van der Waals surface area contributed by atoms with Gasteiger partial charge in [-0.2, -0.15) is 0 Å². The van der Waals surface area contributed by atoms with Crippen LogP contribution in [0.2, 0.25) is 0 Å². The summed E-state index contributed by atoms with van der Waals surface area (Å²) < 4.78 is 25.6. The zero-order chi connectivity index (χ0) is 19.3. The van der Waals surface area contributed by atoms with Crippen LogP contribution in [-0.2, 0) is 11.3 Å². The Labute approximate surface area is 165 Å². The van der Waals surface area contributed by atoms with Crippen LogP contribution in [-0.4, -0.2) is 60.6 Å². The van der Waals surface area contributed by atoms with Crippen molar-refractivity contribution in [2.75, 3.05) is 26.3 Å². The number of hydrogen-bond donors (Lipinski definition) is 2. The molecule has 2 aliphatic rings. The van der Waals surface area contributed by atoms with Gasteiger partial charge in [-0.3, -0.25) is 4.90 Å². The number of halogens is 1. The van der Waals surface area contributed by atoms with E-state index in [9.17, 15) is 9.50 Å². The van der Waals surface area contributed by atoms with Crippen LogP contribution in [0.15, 0.2) is 54.6 Å². The van der Waals surface area contributed by atoms with Crippen molar-refractivity contribution in [2.24, 2.45) is 0 Å². The van der Waals surface area contributed by atoms with E-state index in [1.807, 2.05) is 36.4 Å². The summed E-state index contributed by atoms with van der Waals surface area (Å²) in [6.45, 7) is 3.29. The Kier molecular flexibility index (Phi) is 6.22. The Hall–Kier alpha value is -1.99. The van der Waals surface area contributed by atoms with Crippen molar-refractivity contribution in [3.63, 3.8) is 0 Å². The van der Waals surface area contributed by atoms with E-state index in [0.717, 1.165) is 18.8 Å². The van der Waals surface area contributed by atoms with Crippen LogP contribution in [0, 0.1) is 5.82 Å². The highest BCUT2D eigenvalue weighted by molar-refractivity contribution is 5.22. The monoisotopic (exact) mass is 386 g/mol. The van der Waals surface area contributed by atoms with E-state index in [1.54, 1.807) is 12.1 Å². The molecule has 4 rings (SSSR count). The number of rotatable bonds is 6. The fourth-order valence-corrected chi connectivity index (χ4v) is 4.21. The van der Waals surface area contributed by atoms with Crippen LogP contribution < -0.4 is 10.1 Å². The standard InChI is InChI=1S/C22H27FN2O3/c23-18-9-5-4-6-16(18)15-24-19-14-20(28-17-7-2-1-3-8-17)22(26)21(19)25-10-12-27-13-11-25/h1-9,19-22,24,26H,10-15H2/t19-,20-,21+,22+/m1/s1. The third kappa shape index (κ3) is 4.36. The molecule has 6 heteroatoms. The van der Waals surface area contributed by atoms with Crippen molar-refractivity contribution >= 4 is 0 Å². The quantitative estimate of drug-likeness (QED) is 0.797. The zero-order valence-electron chi connectivity index (χ0n) is 15.8. The number of nitrogens with one attached hydrogen (secondary N) is 1. The van der Waals surface area contributed by atoms with Gasteiger partial charge in [0.15, 0.2) is 0 Å². The summed E-state index contributed by atoms with van der Waals surface area (Å²) >= 11 is 0. The Bertz CT molecular complexity index is 754. The molecule has 1 saturated heterocycles. The van der Waals surface area contributed by atoms with E-state index in [0.29, 0.717) is 31.7 Å². The van der Waals surface area contributed by atoms with Gasteiger partial charge in [-0.25, -0.2) is 4.39 Å². The Morgan fingerprint density at radius 1 is 1.07 bits per heavy atom. The molecule has 2 aromatic rings. The van der Waals surface area contributed by atoms with Crippen LogP contribution in [0.1, 0.15) is 12.0 Å². The first-order chi connectivity index (χ1) is 13.7. The molecule has 2 aromatic carbocycles. The number of aliphatic hydroxyl groups is 1. The zero-order valence-corrected chi connectivity index (χ0v) is 15.8. The second-order valence-corrected chi connectivity index (χ2v) is 7.41. The molecular formula is C22H27FN2O3. The minimum absolute atomic E-state index is 0.00131. The topological polar surface area (TPSA) is 54.0 Å². The van der Waals surface area contributed by atoms with Gasteiger partial charge in [0, 0.05) is 37.7 Å². The van der Waals surface area contributed by atoms with Gasteiger partial charge < -0.3 is 19.9 Å². The van der Waals surface area contributed by atoms with E-state index in [-0.39, 0.29) is 24.0 Å². The Morgan fingerprint density at radius 2 is 1.79 bits per heavy atom. The summed E-state index contributed by atoms with van der Waals surface area (Å²) in [6, 6.07) is 16.3. The number of morpholine rings is 1. The summed E-state index contributed by atoms with van der Waals surface area (Å²) in [5.41, 5.74) is 0.630. The molecule has 0 spiro atoms. The van der Waals surface area contributed by atoms with Gasteiger partial charge in [0.1, 0.15) is 23.8 Å². The Morgan fingerprint density at radius 3 is 2.54 bits per heavy atom. The molecule has 0 unspecified atom stereocenters. The van der Waals surface area contributed by atoms with Crippen molar-refractivity contribution in [3.8, 4) is 5.75 Å². The first-order valence-electron chi connectivity index (χ1n) is 9.91. The maximum atomic E-state index is 14.0. The van der Waals surface area contributed by atoms with Crippen molar-refractivity contribution in [1.82, 2.24) is 10.2 Å². The van der Waals surface area contributed by atoms with Crippen LogP contribution in [0.25, 0.3) is 0 Å². The molecular weight excluding hydrogens is 359 g/mol. The maximum Gasteiger partial charge on any atom is 0.128 e. The number of nitrogens with zero attached hydrogens (tertiary/aromatic N) is 1. The Balaban J connectivity index is 1.48. The lowest BCUT2D eigenvalue weighted by Crippen LogP contribution is -2.55. The molecule has 150 valence electrons. The molecule has 0 radical (unpaired) electrons.